The number of benzene rings is 1. The van der Waals surface area contributed by atoms with Gasteiger partial charge in [-0.25, -0.2) is 0 Å². The molecule has 0 atom stereocenters. The van der Waals surface area contributed by atoms with Crippen molar-refractivity contribution in [2.45, 2.75) is 13.5 Å². The highest BCUT2D eigenvalue weighted by Crippen LogP contribution is 2.31. The quantitative estimate of drug-likeness (QED) is 0.626. The van der Waals surface area contributed by atoms with E-state index in [1.165, 1.54) is 12.1 Å². The molecule has 0 amide bonds. The van der Waals surface area contributed by atoms with Crippen LogP contribution in [0.15, 0.2) is 36.4 Å². The molecule has 0 unspecified atom stereocenters. The van der Waals surface area contributed by atoms with E-state index >= 15 is 0 Å². The van der Waals surface area contributed by atoms with Crippen LogP contribution >= 0.6 is 0 Å². The van der Waals surface area contributed by atoms with Gasteiger partial charge in [0.05, 0.1) is 11.5 Å². The summed E-state index contributed by atoms with van der Waals surface area (Å²) in [5.74, 6) is 0.788. The molecule has 0 aliphatic heterocycles. The third-order valence-electron chi connectivity index (χ3n) is 2.69. The van der Waals surface area contributed by atoms with Gasteiger partial charge in [0.15, 0.2) is 0 Å². The van der Waals surface area contributed by atoms with E-state index in [1.54, 1.807) is 24.3 Å². The molecule has 0 aliphatic rings. The van der Waals surface area contributed by atoms with Crippen molar-refractivity contribution in [1.82, 2.24) is 4.98 Å². The van der Waals surface area contributed by atoms with E-state index in [0.717, 1.165) is 0 Å². The highest BCUT2D eigenvalue weighted by atomic mass is 16.6. The fraction of sp³-hybridized carbons (Fsp3) is 0.214. The van der Waals surface area contributed by atoms with Crippen molar-refractivity contribution in [2.75, 3.05) is 11.9 Å². The molecule has 0 spiro atoms. The summed E-state index contributed by atoms with van der Waals surface area (Å²) in [5.41, 5.74) is 0.434. The highest BCUT2D eigenvalue weighted by Gasteiger charge is 2.18. The minimum Gasteiger partial charge on any atom is -0.434 e. The Balaban J connectivity index is 2.35. The summed E-state index contributed by atoms with van der Waals surface area (Å²) in [6.45, 7) is 2.41. The van der Waals surface area contributed by atoms with E-state index in [-0.39, 0.29) is 18.2 Å². The number of rotatable bonds is 6. The molecular weight excluding hydrogens is 274 g/mol. The number of nitro groups is 1. The molecule has 1 aromatic carbocycles. The first kappa shape index (κ1) is 14.7. The van der Waals surface area contributed by atoms with Crippen LogP contribution in [0, 0.1) is 10.1 Å². The van der Waals surface area contributed by atoms with Gasteiger partial charge >= 0.3 is 11.6 Å². The smallest absolute Gasteiger partial charge is 0.331 e. The van der Waals surface area contributed by atoms with Crippen LogP contribution in [-0.2, 0) is 6.61 Å². The molecule has 0 saturated heterocycles. The molecule has 1 heterocycles. The van der Waals surface area contributed by atoms with Crippen molar-refractivity contribution in [3.05, 3.63) is 52.1 Å². The molecule has 2 rings (SSSR count). The summed E-state index contributed by atoms with van der Waals surface area (Å²) in [6, 6.07) is 9.54. The fourth-order valence-corrected chi connectivity index (χ4v) is 1.75. The maximum absolute atomic E-state index is 11.0. The first-order chi connectivity index (χ1) is 10.1. The Labute approximate surface area is 121 Å². The van der Waals surface area contributed by atoms with E-state index in [1.807, 2.05) is 6.92 Å². The van der Waals surface area contributed by atoms with Gasteiger partial charge in [-0.1, -0.05) is 12.1 Å². The molecule has 0 fully saturated rings. The third-order valence-corrected chi connectivity index (χ3v) is 2.69. The topological polar surface area (TPSA) is 97.5 Å². The van der Waals surface area contributed by atoms with Crippen LogP contribution in [0.1, 0.15) is 12.5 Å². The number of hydrogen-bond donors (Lipinski definition) is 2. The highest BCUT2D eigenvalue weighted by molar-refractivity contribution is 5.50. The predicted molar refractivity (Wildman–Crippen MR) is 77.5 cm³/mol. The number of pyridine rings is 1. The van der Waals surface area contributed by atoms with E-state index < -0.39 is 4.92 Å². The lowest BCUT2D eigenvalue weighted by Gasteiger charge is -2.08. The van der Waals surface area contributed by atoms with E-state index in [0.29, 0.717) is 23.7 Å². The predicted octanol–water partition coefficient (Wildman–Crippen LogP) is 2.71. The van der Waals surface area contributed by atoms with E-state index in [2.05, 4.69) is 10.3 Å². The summed E-state index contributed by atoms with van der Waals surface area (Å²) < 4.78 is 5.50. The zero-order valence-electron chi connectivity index (χ0n) is 11.4. The number of aromatic nitrogens is 1. The number of aliphatic hydroxyl groups excluding tert-OH is 1. The molecule has 110 valence electrons. The van der Waals surface area contributed by atoms with Gasteiger partial charge in [-0.05, 0) is 30.7 Å². The van der Waals surface area contributed by atoms with Gasteiger partial charge in [0.1, 0.15) is 11.6 Å². The van der Waals surface area contributed by atoms with Gasteiger partial charge in [0.2, 0.25) is 0 Å². The summed E-state index contributed by atoms with van der Waals surface area (Å²) in [4.78, 5) is 14.6. The van der Waals surface area contributed by atoms with Gasteiger partial charge in [0, 0.05) is 12.6 Å². The molecule has 1 aromatic heterocycles. The number of nitrogens with one attached hydrogen (secondary N) is 1. The molecule has 2 aromatic rings. The number of aliphatic hydroxyl groups is 1. The molecule has 7 nitrogen and oxygen atoms in total. The Morgan fingerprint density at radius 2 is 2.19 bits per heavy atom. The maximum atomic E-state index is 11.0. The second-order valence-electron chi connectivity index (χ2n) is 4.22. The van der Waals surface area contributed by atoms with Crippen molar-refractivity contribution in [3.8, 4) is 11.6 Å². The number of anilines is 1. The van der Waals surface area contributed by atoms with E-state index in [9.17, 15) is 10.1 Å². The van der Waals surface area contributed by atoms with Crippen LogP contribution in [0.3, 0.4) is 0 Å². The Morgan fingerprint density at radius 1 is 1.38 bits per heavy atom. The largest absolute Gasteiger partial charge is 0.434 e. The van der Waals surface area contributed by atoms with Crippen LogP contribution in [0.2, 0.25) is 0 Å². The zero-order valence-corrected chi connectivity index (χ0v) is 11.4. The minimum atomic E-state index is -0.548. The lowest BCUT2D eigenvalue weighted by molar-refractivity contribution is -0.386. The standard InChI is InChI=1S/C14H15N3O4/c1-2-15-13-7-6-12(17(19)20)14(16-13)21-11-5-3-4-10(8-11)9-18/h3-8,18H,2,9H2,1H3,(H,15,16). The van der Waals surface area contributed by atoms with Crippen molar-refractivity contribution >= 4 is 11.5 Å². The van der Waals surface area contributed by atoms with Crippen molar-refractivity contribution in [3.63, 3.8) is 0 Å². The van der Waals surface area contributed by atoms with Crippen molar-refractivity contribution in [1.29, 1.82) is 0 Å². The second kappa shape index (κ2) is 6.67. The Kier molecular flexibility index (Phi) is 4.68. The number of hydrogen-bond acceptors (Lipinski definition) is 6. The molecule has 21 heavy (non-hydrogen) atoms. The van der Waals surface area contributed by atoms with Gasteiger partial charge in [-0.2, -0.15) is 4.98 Å². The Morgan fingerprint density at radius 3 is 2.86 bits per heavy atom. The van der Waals surface area contributed by atoms with Crippen LogP contribution in [0.25, 0.3) is 0 Å². The van der Waals surface area contributed by atoms with Crippen LogP contribution in [0.5, 0.6) is 11.6 Å². The van der Waals surface area contributed by atoms with Crippen LogP contribution in [0.4, 0.5) is 11.5 Å². The Hall–Kier alpha value is -2.67. The number of ether oxygens (including phenoxy) is 1. The monoisotopic (exact) mass is 289 g/mol. The normalized spacial score (nSPS) is 10.2. The average molecular weight is 289 g/mol. The zero-order chi connectivity index (χ0) is 15.2. The van der Waals surface area contributed by atoms with Gasteiger partial charge < -0.3 is 15.2 Å². The first-order valence-electron chi connectivity index (χ1n) is 6.41. The minimum absolute atomic E-state index is 0.0893. The summed E-state index contributed by atoms with van der Waals surface area (Å²) in [5, 5.41) is 23.1. The third kappa shape index (κ3) is 3.67. The average Bonchev–Trinajstić information content (AvgIpc) is 2.48. The molecule has 0 saturated carbocycles. The van der Waals surface area contributed by atoms with Gasteiger partial charge in [-0.15, -0.1) is 0 Å². The summed E-state index contributed by atoms with van der Waals surface area (Å²) in [7, 11) is 0. The first-order valence-corrected chi connectivity index (χ1v) is 6.41. The maximum Gasteiger partial charge on any atom is 0.331 e. The molecule has 0 bridgehead atoms. The summed E-state index contributed by atoms with van der Waals surface area (Å²) in [6.07, 6.45) is 0. The molecule has 2 N–H and O–H groups in total. The lowest BCUT2D eigenvalue weighted by Crippen LogP contribution is -2.02. The summed E-state index contributed by atoms with van der Waals surface area (Å²) >= 11 is 0. The fourth-order valence-electron chi connectivity index (χ4n) is 1.75. The molecule has 7 heteroatoms. The van der Waals surface area contributed by atoms with Gasteiger partial charge in [0.25, 0.3) is 0 Å². The molecular formula is C14H15N3O4. The van der Waals surface area contributed by atoms with Gasteiger partial charge in [-0.3, -0.25) is 10.1 Å². The second-order valence-corrected chi connectivity index (χ2v) is 4.22. The molecule has 0 radical (unpaired) electrons. The molecule has 0 aliphatic carbocycles. The van der Waals surface area contributed by atoms with Crippen molar-refractivity contribution < 1.29 is 14.8 Å². The van der Waals surface area contributed by atoms with E-state index in [4.69, 9.17) is 9.84 Å². The van der Waals surface area contributed by atoms with Crippen LogP contribution in [-0.4, -0.2) is 21.6 Å². The van der Waals surface area contributed by atoms with Crippen LogP contribution < -0.4 is 10.1 Å². The SMILES string of the molecule is CCNc1ccc([N+](=O)[O-])c(Oc2cccc(CO)c2)n1. The number of nitrogens with zero attached hydrogens (tertiary/aromatic N) is 2. The van der Waals surface area contributed by atoms with Crippen molar-refractivity contribution in [2.24, 2.45) is 0 Å². The Bertz CT molecular complexity index is 646. The lowest BCUT2D eigenvalue weighted by atomic mass is 10.2.